The van der Waals surface area contributed by atoms with Gasteiger partial charge in [0.25, 0.3) is 0 Å². The summed E-state index contributed by atoms with van der Waals surface area (Å²) in [7, 11) is 0. The van der Waals surface area contributed by atoms with Crippen LogP contribution in [0.2, 0.25) is 0 Å². The minimum absolute atomic E-state index is 0.0775. The molecule has 5 heteroatoms. The van der Waals surface area contributed by atoms with E-state index in [0.717, 1.165) is 44.7 Å². The molecule has 2 atom stereocenters. The van der Waals surface area contributed by atoms with Crippen molar-refractivity contribution in [3.63, 3.8) is 0 Å². The lowest BCUT2D eigenvalue weighted by molar-refractivity contribution is -0.131. The van der Waals surface area contributed by atoms with Crippen LogP contribution < -0.4 is 10.6 Å². The molecule has 3 fully saturated rings. The van der Waals surface area contributed by atoms with Crippen LogP contribution in [0.5, 0.6) is 0 Å². The Kier molecular flexibility index (Phi) is 5.01. The number of nitrogens with zero attached hydrogens (tertiary/aromatic N) is 1. The molecule has 0 aromatic carbocycles. The third-order valence-corrected chi connectivity index (χ3v) is 5.60. The number of amides is 2. The predicted molar refractivity (Wildman–Crippen MR) is 85.3 cm³/mol. The van der Waals surface area contributed by atoms with E-state index in [2.05, 4.69) is 17.6 Å². The van der Waals surface area contributed by atoms with Gasteiger partial charge in [-0.25, -0.2) is 0 Å². The van der Waals surface area contributed by atoms with E-state index >= 15 is 0 Å². The fourth-order valence-corrected chi connectivity index (χ4v) is 4.11. The highest BCUT2D eigenvalue weighted by molar-refractivity contribution is 5.89. The van der Waals surface area contributed by atoms with E-state index < -0.39 is 0 Å². The van der Waals surface area contributed by atoms with E-state index in [1.807, 2.05) is 4.90 Å². The second-order valence-electron chi connectivity index (χ2n) is 7.41. The van der Waals surface area contributed by atoms with Crippen LogP contribution in [0.1, 0.15) is 51.9 Å². The van der Waals surface area contributed by atoms with Crippen LogP contribution in [-0.2, 0) is 9.59 Å². The molecule has 2 amide bonds. The number of carbonyl (C=O) groups is 2. The summed E-state index contributed by atoms with van der Waals surface area (Å²) in [6, 6.07) is 0.610. The molecule has 0 spiro atoms. The summed E-state index contributed by atoms with van der Waals surface area (Å²) < 4.78 is 0. The summed E-state index contributed by atoms with van der Waals surface area (Å²) in [4.78, 5) is 26.7. The number of hydrogen-bond donors (Lipinski definition) is 2. The van der Waals surface area contributed by atoms with Crippen LogP contribution >= 0.6 is 0 Å². The Hall–Kier alpha value is -1.10. The molecule has 0 radical (unpaired) electrons. The van der Waals surface area contributed by atoms with Gasteiger partial charge >= 0.3 is 0 Å². The maximum atomic E-state index is 12.4. The minimum Gasteiger partial charge on any atom is -0.352 e. The lowest BCUT2D eigenvalue weighted by atomic mass is 9.86. The quantitative estimate of drug-likeness (QED) is 0.826. The molecule has 3 aliphatic rings. The zero-order chi connectivity index (χ0) is 15.5. The standard InChI is InChI=1S/C17H29N3O2/c1-12-4-6-15(7-5-12)20-11-13(9-16(20)21)17(22)19-14-3-2-8-18-10-14/h12-15,18H,2-11H2,1H3,(H,19,22). The molecule has 2 aliphatic heterocycles. The smallest absolute Gasteiger partial charge is 0.225 e. The predicted octanol–water partition coefficient (Wildman–Crippen LogP) is 1.28. The van der Waals surface area contributed by atoms with E-state index in [9.17, 15) is 9.59 Å². The molecule has 1 aliphatic carbocycles. The van der Waals surface area contributed by atoms with Gasteiger partial charge in [0, 0.05) is 31.6 Å². The fourth-order valence-electron chi connectivity index (χ4n) is 4.11. The van der Waals surface area contributed by atoms with Gasteiger partial charge in [-0.1, -0.05) is 6.92 Å². The number of rotatable bonds is 3. The van der Waals surface area contributed by atoms with Crippen molar-refractivity contribution in [2.45, 2.75) is 64.0 Å². The average Bonchev–Trinajstić information content (AvgIpc) is 2.91. The molecule has 2 heterocycles. The average molecular weight is 307 g/mol. The van der Waals surface area contributed by atoms with Crippen molar-refractivity contribution in [1.29, 1.82) is 0 Å². The Morgan fingerprint density at radius 3 is 2.68 bits per heavy atom. The van der Waals surface area contributed by atoms with Gasteiger partial charge in [0.2, 0.25) is 11.8 Å². The molecule has 22 heavy (non-hydrogen) atoms. The van der Waals surface area contributed by atoms with Crippen molar-refractivity contribution >= 4 is 11.8 Å². The van der Waals surface area contributed by atoms with Crippen molar-refractivity contribution in [3.8, 4) is 0 Å². The number of likely N-dealkylation sites (tertiary alicyclic amines) is 1. The minimum atomic E-state index is -0.145. The summed E-state index contributed by atoms with van der Waals surface area (Å²) in [6.45, 7) is 4.82. The summed E-state index contributed by atoms with van der Waals surface area (Å²) >= 11 is 0. The van der Waals surface area contributed by atoms with E-state index in [0.29, 0.717) is 19.0 Å². The zero-order valence-corrected chi connectivity index (χ0v) is 13.6. The lowest BCUT2D eigenvalue weighted by Gasteiger charge is -2.33. The maximum Gasteiger partial charge on any atom is 0.225 e. The first kappa shape index (κ1) is 15.8. The molecule has 124 valence electrons. The molecule has 3 rings (SSSR count). The van der Waals surface area contributed by atoms with Crippen molar-refractivity contribution in [2.75, 3.05) is 19.6 Å². The third-order valence-electron chi connectivity index (χ3n) is 5.60. The van der Waals surface area contributed by atoms with Crippen LogP contribution in [0.3, 0.4) is 0 Å². The number of hydrogen-bond acceptors (Lipinski definition) is 3. The molecular weight excluding hydrogens is 278 g/mol. The van der Waals surface area contributed by atoms with Gasteiger partial charge in [-0.15, -0.1) is 0 Å². The van der Waals surface area contributed by atoms with Gasteiger partial charge in [-0.2, -0.15) is 0 Å². The second-order valence-corrected chi connectivity index (χ2v) is 7.41. The Morgan fingerprint density at radius 1 is 1.23 bits per heavy atom. The van der Waals surface area contributed by atoms with Crippen LogP contribution in [0.4, 0.5) is 0 Å². The Bertz CT molecular complexity index is 412. The van der Waals surface area contributed by atoms with E-state index in [-0.39, 0.29) is 23.8 Å². The van der Waals surface area contributed by atoms with Crippen molar-refractivity contribution < 1.29 is 9.59 Å². The third kappa shape index (κ3) is 3.62. The van der Waals surface area contributed by atoms with Gasteiger partial charge in [0.05, 0.1) is 5.92 Å². The first-order chi connectivity index (χ1) is 10.6. The first-order valence-corrected chi connectivity index (χ1v) is 8.94. The zero-order valence-electron chi connectivity index (χ0n) is 13.6. The molecule has 5 nitrogen and oxygen atoms in total. The SMILES string of the molecule is CC1CCC(N2CC(C(=O)NC3CCCNC3)CC2=O)CC1. The van der Waals surface area contributed by atoms with Crippen molar-refractivity contribution in [3.05, 3.63) is 0 Å². The lowest BCUT2D eigenvalue weighted by Crippen LogP contribution is -2.48. The highest BCUT2D eigenvalue weighted by Crippen LogP contribution is 2.31. The second kappa shape index (κ2) is 6.99. The summed E-state index contributed by atoms with van der Waals surface area (Å²) in [6.07, 6.45) is 7.18. The van der Waals surface area contributed by atoms with Gasteiger partial charge in [-0.3, -0.25) is 9.59 Å². The van der Waals surface area contributed by atoms with E-state index in [1.165, 1.54) is 12.8 Å². The fraction of sp³-hybridized carbons (Fsp3) is 0.882. The highest BCUT2D eigenvalue weighted by Gasteiger charge is 2.39. The molecule has 0 bridgehead atoms. The largest absolute Gasteiger partial charge is 0.352 e. The molecule has 2 N–H and O–H groups in total. The van der Waals surface area contributed by atoms with E-state index in [1.54, 1.807) is 0 Å². The molecule has 0 aromatic rings. The Balaban J connectivity index is 1.51. The molecule has 2 unspecified atom stereocenters. The summed E-state index contributed by atoms with van der Waals surface area (Å²) in [5.41, 5.74) is 0. The maximum absolute atomic E-state index is 12.4. The molecule has 2 saturated heterocycles. The Morgan fingerprint density at radius 2 is 2.00 bits per heavy atom. The summed E-state index contributed by atoms with van der Waals surface area (Å²) in [5, 5.41) is 6.44. The molecule has 0 aromatic heterocycles. The molecular formula is C17H29N3O2. The van der Waals surface area contributed by atoms with Crippen molar-refractivity contribution in [1.82, 2.24) is 15.5 Å². The molecule has 1 saturated carbocycles. The number of carbonyl (C=O) groups excluding carboxylic acids is 2. The number of piperidine rings is 1. The number of nitrogens with one attached hydrogen (secondary N) is 2. The van der Waals surface area contributed by atoms with Gasteiger partial charge < -0.3 is 15.5 Å². The highest BCUT2D eigenvalue weighted by atomic mass is 16.2. The first-order valence-electron chi connectivity index (χ1n) is 8.94. The van der Waals surface area contributed by atoms with Gasteiger partial charge in [0.15, 0.2) is 0 Å². The van der Waals surface area contributed by atoms with Crippen LogP contribution in [0.15, 0.2) is 0 Å². The van der Waals surface area contributed by atoms with Gasteiger partial charge in [-0.05, 0) is 51.0 Å². The van der Waals surface area contributed by atoms with E-state index in [4.69, 9.17) is 0 Å². The van der Waals surface area contributed by atoms with Crippen LogP contribution in [0, 0.1) is 11.8 Å². The Labute approximate surface area is 133 Å². The van der Waals surface area contributed by atoms with Crippen molar-refractivity contribution in [2.24, 2.45) is 11.8 Å². The van der Waals surface area contributed by atoms with Crippen LogP contribution in [-0.4, -0.2) is 48.4 Å². The summed E-state index contributed by atoms with van der Waals surface area (Å²) in [5.74, 6) is 0.899. The van der Waals surface area contributed by atoms with Gasteiger partial charge in [0.1, 0.15) is 0 Å². The monoisotopic (exact) mass is 307 g/mol. The normalized spacial score (nSPS) is 36.4. The van der Waals surface area contributed by atoms with Crippen LogP contribution in [0.25, 0.3) is 0 Å². The topological polar surface area (TPSA) is 61.4 Å².